The van der Waals surface area contributed by atoms with Crippen LogP contribution in [-0.4, -0.2) is 34.0 Å². The summed E-state index contributed by atoms with van der Waals surface area (Å²) in [5, 5.41) is 24.5. The molecule has 0 aliphatic heterocycles. The molecule has 22 heavy (non-hydrogen) atoms. The Balaban J connectivity index is 2.36. The van der Waals surface area contributed by atoms with Crippen molar-refractivity contribution >= 4 is 22.5 Å². The van der Waals surface area contributed by atoms with Crippen molar-refractivity contribution in [1.82, 2.24) is 15.5 Å². The lowest BCUT2D eigenvalue weighted by molar-refractivity contribution is 0.129. The number of nitrogens with one attached hydrogen (secondary N) is 2. The fraction of sp³-hybridized carbons (Fsp3) is 0.800. The summed E-state index contributed by atoms with van der Waals surface area (Å²) in [5.74, 6) is 0. The SMILES string of the molecule is CCCCCc1nnc(NC(=O)NCC(C)(C)CC(C)O)s1. The lowest BCUT2D eigenvalue weighted by Crippen LogP contribution is -2.38. The molecule has 0 saturated carbocycles. The summed E-state index contributed by atoms with van der Waals surface area (Å²) in [7, 11) is 0. The topological polar surface area (TPSA) is 87.1 Å². The normalized spacial score (nSPS) is 13.0. The van der Waals surface area contributed by atoms with Crippen LogP contribution in [0.5, 0.6) is 0 Å². The van der Waals surface area contributed by atoms with Crippen LogP contribution in [0.2, 0.25) is 0 Å². The molecule has 7 heteroatoms. The van der Waals surface area contributed by atoms with Crippen LogP contribution in [0.3, 0.4) is 0 Å². The van der Waals surface area contributed by atoms with Gasteiger partial charge in [0.15, 0.2) is 0 Å². The number of nitrogens with zero attached hydrogens (tertiary/aromatic N) is 2. The minimum atomic E-state index is -0.381. The first kappa shape index (κ1) is 18.8. The zero-order valence-corrected chi connectivity index (χ0v) is 14.8. The molecule has 0 fully saturated rings. The number of aryl methyl sites for hydroxylation is 1. The summed E-state index contributed by atoms with van der Waals surface area (Å²) in [6, 6.07) is -0.282. The standard InChI is InChI=1S/C15H28N4O2S/c1-5-6-7-8-12-18-19-14(22-12)17-13(21)16-10-15(3,4)9-11(2)20/h11,20H,5-10H2,1-4H3,(H2,16,17,19,21). The highest BCUT2D eigenvalue weighted by molar-refractivity contribution is 7.15. The Morgan fingerprint density at radius 1 is 1.36 bits per heavy atom. The molecule has 0 bridgehead atoms. The molecule has 0 spiro atoms. The predicted octanol–water partition coefficient (Wildman–Crippen LogP) is 3.19. The number of carbonyl (C=O) groups is 1. The molecule has 0 aliphatic rings. The van der Waals surface area contributed by atoms with Gasteiger partial charge in [-0.3, -0.25) is 5.32 Å². The van der Waals surface area contributed by atoms with E-state index < -0.39 is 0 Å². The van der Waals surface area contributed by atoms with E-state index in [0.717, 1.165) is 17.8 Å². The first-order chi connectivity index (χ1) is 10.3. The van der Waals surface area contributed by atoms with Gasteiger partial charge in [-0.2, -0.15) is 0 Å². The molecule has 1 atom stereocenters. The highest BCUT2D eigenvalue weighted by atomic mass is 32.1. The van der Waals surface area contributed by atoms with E-state index in [1.165, 1.54) is 24.2 Å². The number of urea groups is 1. The Morgan fingerprint density at radius 2 is 2.09 bits per heavy atom. The number of aliphatic hydroxyl groups is 1. The van der Waals surface area contributed by atoms with Crippen molar-refractivity contribution in [1.29, 1.82) is 0 Å². The average Bonchev–Trinajstić information content (AvgIpc) is 2.83. The fourth-order valence-electron chi connectivity index (χ4n) is 2.26. The summed E-state index contributed by atoms with van der Waals surface area (Å²) in [5.41, 5.74) is -0.155. The second-order valence-electron chi connectivity index (χ2n) is 6.48. The van der Waals surface area contributed by atoms with Gasteiger partial charge in [-0.05, 0) is 25.2 Å². The van der Waals surface area contributed by atoms with E-state index in [1.807, 2.05) is 13.8 Å². The van der Waals surface area contributed by atoms with Crippen LogP contribution in [0.1, 0.15) is 58.4 Å². The van der Waals surface area contributed by atoms with Gasteiger partial charge in [0.1, 0.15) is 5.01 Å². The van der Waals surface area contributed by atoms with Crippen molar-refractivity contribution in [2.75, 3.05) is 11.9 Å². The first-order valence-electron chi connectivity index (χ1n) is 7.87. The third-order valence-corrected chi connectivity index (χ3v) is 4.16. The van der Waals surface area contributed by atoms with Crippen LogP contribution < -0.4 is 10.6 Å². The van der Waals surface area contributed by atoms with Gasteiger partial charge in [0.25, 0.3) is 0 Å². The Morgan fingerprint density at radius 3 is 2.73 bits per heavy atom. The lowest BCUT2D eigenvalue weighted by atomic mass is 9.87. The summed E-state index contributed by atoms with van der Waals surface area (Å²) < 4.78 is 0. The zero-order chi connectivity index (χ0) is 16.6. The molecule has 1 unspecified atom stereocenters. The minimum absolute atomic E-state index is 0.155. The van der Waals surface area contributed by atoms with Crippen molar-refractivity contribution < 1.29 is 9.90 Å². The Labute approximate surface area is 136 Å². The van der Waals surface area contributed by atoms with Gasteiger partial charge >= 0.3 is 6.03 Å². The molecular formula is C15H28N4O2S. The number of hydrogen-bond acceptors (Lipinski definition) is 5. The minimum Gasteiger partial charge on any atom is -0.393 e. The molecule has 0 aromatic carbocycles. The maximum atomic E-state index is 11.9. The number of carbonyl (C=O) groups excluding carboxylic acids is 1. The van der Waals surface area contributed by atoms with Gasteiger partial charge in [0, 0.05) is 13.0 Å². The van der Waals surface area contributed by atoms with E-state index in [9.17, 15) is 9.90 Å². The molecule has 6 nitrogen and oxygen atoms in total. The van der Waals surface area contributed by atoms with Crippen LogP contribution in [-0.2, 0) is 6.42 Å². The Kier molecular flexibility index (Phi) is 7.75. The van der Waals surface area contributed by atoms with Crippen LogP contribution >= 0.6 is 11.3 Å². The lowest BCUT2D eigenvalue weighted by Gasteiger charge is -2.26. The number of aliphatic hydroxyl groups excluding tert-OH is 1. The molecule has 0 aliphatic carbocycles. The monoisotopic (exact) mass is 328 g/mol. The van der Waals surface area contributed by atoms with Crippen LogP contribution in [0, 0.1) is 5.41 Å². The third kappa shape index (κ3) is 7.70. The highest BCUT2D eigenvalue weighted by Gasteiger charge is 2.21. The van der Waals surface area contributed by atoms with E-state index in [1.54, 1.807) is 6.92 Å². The van der Waals surface area contributed by atoms with E-state index in [-0.39, 0.29) is 17.6 Å². The van der Waals surface area contributed by atoms with E-state index in [0.29, 0.717) is 18.1 Å². The molecule has 126 valence electrons. The van der Waals surface area contributed by atoms with E-state index in [2.05, 4.69) is 27.8 Å². The first-order valence-corrected chi connectivity index (χ1v) is 8.69. The van der Waals surface area contributed by atoms with Gasteiger partial charge in [-0.15, -0.1) is 10.2 Å². The molecule has 2 amide bonds. The van der Waals surface area contributed by atoms with Crippen molar-refractivity contribution in [3.05, 3.63) is 5.01 Å². The largest absolute Gasteiger partial charge is 0.393 e. The summed E-state index contributed by atoms with van der Waals surface area (Å²) in [6.07, 6.45) is 4.62. The number of unbranched alkanes of at least 4 members (excludes halogenated alkanes) is 2. The zero-order valence-electron chi connectivity index (χ0n) is 14.0. The summed E-state index contributed by atoms with van der Waals surface area (Å²) >= 11 is 1.42. The van der Waals surface area contributed by atoms with E-state index in [4.69, 9.17) is 0 Å². The number of hydrogen-bond donors (Lipinski definition) is 3. The van der Waals surface area contributed by atoms with Gasteiger partial charge in [0.05, 0.1) is 6.10 Å². The van der Waals surface area contributed by atoms with Gasteiger partial charge in [-0.1, -0.05) is 44.9 Å². The molecule has 1 aromatic rings. The average molecular weight is 328 g/mol. The second kappa shape index (κ2) is 9.05. The third-order valence-electron chi connectivity index (χ3n) is 3.26. The number of rotatable bonds is 9. The van der Waals surface area contributed by atoms with Crippen LogP contribution in [0.25, 0.3) is 0 Å². The maximum Gasteiger partial charge on any atom is 0.321 e. The molecule has 1 heterocycles. The van der Waals surface area contributed by atoms with Gasteiger partial charge in [-0.25, -0.2) is 4.79 Å². The maximum absolute atomic E-state index is 11.9. The van der Waals surface area contributed by atoms with Crippen molar-refractivity contribution in [2.45, 2.75) is 65.9 Å². The van der Waals surface area contributed by atoms with Crippen molar-refractivity contribution in [2.24, 2.45) is 5.41 Å². The Hall–Kier alpha value is -1.21. The van der Waals surface area contributed by atoms with Crippen LogP contribution in [0.15, 0.2) is 0 Å². The molecular weight excluding hydrogens is 300 g/mol. The molecule has 0 saturated heterocycles. The molecule has 0 radical (unpaired) electrons. The number of amides is 2. The molecule has 1 rings (SSSR count). The summed E-state index contributed by atoms with van der Waals surface area (Å²) in [4.78, 5) is 11.9. The molecule has 1 aromatic heterocycles. The second-order valence-corrected chi connectivity index (χ2v) is 7.55. The van der Waals surface area contributed by atoms with Gasteiger partial charge in [0.2, 0.25) is 5.13 Å². The van der Waals surface area contributed by atoms with Gasteiger partial charge < -0.3 is 10.4 Å². The Bertz CT molecular complexity index is 460. The highest BCUT2D eigenvalue weighted by Crippen LogP contribution is 2.21. The van der Waals surface area contributed by atoms with Crippen molar-refractivity contribution in [3.63, 3.8) is 0 Å². The number of anilines is 1. The quantitative estimate of drug-likeness (QED) is 0.608. The fourth-order valence-corrected chi connectivity index (χ4v) is 3.04. The van der Waals surface area contributed by atoms with Crippen LogP contribution in [0.4, 0.5) is 9.93 Å². The van der Waals surface area contributed by atoms with E-state index >= 15 is 0 Å². The smallest absolute Gasteiger partial charge is 0.321 e. The summed E-state index contributed by atoms with van der Waals surface area (Å²) in [6.45, 7) is 8.43. The predicted molar refractivity (Wildman–Crippen MR) is 90.2 cm³/mol. The molecule has 3 N–H and O–H groups in total. The van der Waals surface area contributed by atoms with Crippen molar-refractivity contribution in [3.8, 4) is 0 Å². The number of aromatic nitrogens is 2.